The van der Waals surface area contributed by atoms with Gasteiger partial charge < -0.3 is 0 Å². The Hall–Kier alpha value is -0.850. The van der Waals surface area contributed by atoms with Gasteiger partial charge in [-0.2, -0.15) is 0 Å². The number of pyridine rings is 1. The fraction of sp³-hybridized carbons (Fsp3) is 0.583. The van der Waals surface area contributed by atoms with Crippen LogP contribution in [0.25, 0.3) is 0 Å². The first-order valence-electron chi connectivity index (χ1n) is 4.82. The molecule has 0 atom stereocenters. The minimum atomic E-state index is 0.349. The highest BCUT2D eigenvalue weighted by Gasteiger charge is 2.12. The predicted molar refractivity (Wildman–Crippen MR) is 56.9 cm³/mol. The molecular formula is C12H19N. The van der Waals surface area contributed by atoms with Gasteiger partial charge in [-0.15, -0.1) is 0 Å². The summed E-state index contributed by atoms with van der Waals surface area (Å²) in [5.74, 6) is 0. The fourth-order valence-electron chi connectivity index (χ4n) is 1.47. The van der Waals surface area contributed by atoms with Crippen LogP contribution in [0.3, 0.4) is 0 Å². The van der Waals surface area contributed by atoms with E-state index in [0.29, 0.717) is 5.41 Å². The maximum absolute atomic E-state index is 4.46. The molecule has 0 aliphatic rings. The maximum atomic E-state index is 4.46. The number of nitrogens with zero attached hydrogens (tertiary/aromatic N) is 1. The Kier molecular flexibility index (Phi) is 2.74. The van der Waals surface area contributed by atoms with E-state index in [1.54, 1.807) is 0 Å². The first-order valence-corrected chi connectivity index (χ1v) is 4.82. The summed E-state index contributed by atoms with van der Waals surface area (Å²) in [5.41, 5.74) is 4.00. The molecule has 1 nitrogen and oxygen atoms in total. The Balaban J connectivity index is 2.90. The van der Waals surface area contributed by atoms with Crippen LogP contribution in [0.4, 0.5) is 0 Å². The van der Waals surface area contributed by atoms with E-state index in [1.807, 2.05) is 6.92 Å². The molecule has 1 rings (SSSR count). The zero-order chi connectivity index (χ0) is 10.1. The molecule has 0 radical (unpaired) electrons. The zero-order valence-electron chi connectivity index (χ0n) is 9.31. The molecule has 1 heteroatoms. The largest absolute Gasteiger partial charge is 0.258 e. The van der Waals surface area contributed by atoms with Crippen molar-refractivity contribution in [1.82, 2.24) is 4.98 Å². The molecule has 0 amide bonds. The van der Waals surface area contributed by atoms with Gasteiger partial charge in [0.2, 0.25) is 0 Å². The predicted octanol–water partition coefficient (Wildman–Crippen LogP) is 3.29. The third-order valence-electron chi connectivity index (χ3n) is 2.06. The quantitative estimate of drug-likeness (QED) is 0.641. The number of hydrogen-bond donors (Lipinski definition) is 0. The van der Waals surface area contributed by atoms with Gasteiger partial charge in [0.25, 0.3) is 0 Å². The summed E-state index contributed by atoms with van der Waals surface area (Å²) in [6.45, 7) is 10.9. The van der Waals surface area contributed by atoms with E-state index in [2.05, 4.69) is 44.8 Å². The monoisotopic (exact) mass is 177 g/mol. The van der Waals surface area contributed by atoms with Crippen molar-refractivity contribution in [1.29, 1.82) is 0 Å². The van der Waals surface area contributed by atoms with Crippen molar-refractivity contribution in [3.63, 3.8) is 0 Å². The zero-order valence-corrected chi connectivity index (χ0v) is 9.31. The van der Waals surface area contributed by atoms with E-state index >= 15 is 0 Å². The average molecular weight is 177 g/mol. The Morgan fingerprint density at radius 2 is 1.77 bits per heavy atom. The summed E-state index contributed by atoms with van der Waals surface area (Å²) in [5, 5.41) is 0. The Morgan fingerprint density at radius 1 is 1.15 bits per heavy atom. The molecule has 0 unspecified atom stereocenters. The molecule has 0 bridgehead atoms. The van der Waals surface area contributed by atoms with Crippen molar-refractivity contribution < 1.29 is 0 Å². The van der Waals surface area contributed by atoms with Crippen LogP contribution in [0.15, 0.2) is 12.1 Å². The summed E-state index contributed by atoms with van der Waals surface area (Å²) in [6.07, 6.45) is 1.10. The lowest BCUT2D eigenvalue weighted by atomic mass is 9.87. The standard InChI is InChI=1S/C12H19N/c1-9-6-7-11(10(2)13-9)8-12(3,4)5/h6-7H,8H2,1-5H3. The van der Waals surface area contributed by atoms with Crippen molar-refractivity contribution in [2.24, 2.45) is 5.41 Å². The molecule has 0 spiro atoms. The highest BCUT2D eigenvalue weighted by Crippen LogP contribution is 2.21. The van der Waals surface area contributed by atoms with Crippen molar-refractivity contribution in [3.05, 3.63) is 29.1 Å². The minimum absolute atomic E-state index is 0.349. The second-order valence-corrected chi connectivity index (χ2v) is 4.93. The molecule has 0 fully saturated rings. The lowest BCUT2D eigenvalue weighted by Crippen LogP contribution is -2.10. The second kappa shape index (κ2) is 3.49. The molecule has 0 aliphatic heterocycles. The Labute approximate surface area is 81.2 Å². The smallest absolute Gasteiger partial charge is 0.0407 e. The summed E-state index contributed by atoms with van der Waals surface area (Å²) in [4.78, 5) is 4.46. The van der Waals surface area contributed by atoms with Gasteiger partial charge in [-0.25, -0.2) is 0 Å². The van der Waals surface area contributed by atoms with Crippen LogP contribution in [0.1, 0.15) is 37.7 Å². The topological polar surface area (TPSA) is 12.9 Å². The minimum Gasteiger partial charge on any atom is -0.258 e. The second-order valence-electron chi connectivity index (χ2n) is 4.93. The first kappa shape index (κ1) is 10.2. The molecule has 0 aliphatic carbocycles. The molecule has 13 heavy (non-hydrogen) atoms. The van der Waals surface area contributed by atoms with Gasteiger partial charge in [0.05, 0.1) is 0 Å². The molecule has 0 saturated carbocycles. The van der Waals surface area contributed by atoms with Gasteiger partial charge in [-0.1, -0.05) is 26.8 Å². The van der Waals surface area contributed by atoms with Crippen LogP contribution in [-0.2, 0) is 6.42 Å². The summed E-state index contributed by atoms with van der Waals surface area (Å²) in [6, 6.07) is 4.29. The summed E-state index contributed by atoms with van der Waals surface area (Å²) in [7, 11) is 0. The van der Waals surface area contributed by atoms with E-state index < -0.39 is 0 Å². The van der Waals surface area contributed by atoms with Crippen molar-refractivity contribution in [3.8, 4) is 0 Å². The lowest BCUT2D eigenvalue weighted by Gasteiger charge is -2.19. The molecule has 0 aromatic carbocycles. The average Bonchev–Trinajstić information content (AvgIpc) is 1.93. The van der Waals surface area contributed by atoms with Crippen LogP contribution in [0, 0.1) is 19.3 Å². The van der Waals surface area contributed by atoms with Crippen molar-refractivity contribution in [2.75, 3.05) is 0 Å². The SMILES string of the molecule is Cc1ccc(CC(C)(C)C)c(C)n1. The molecule has 1 aromatic heterocycles. The van der Waals surface area contributed by atoms with Crippen molar-refractivity contribution >= 4 is 0 Å². The highest BCUT2D eigenvalue weighted by atomic mass is 14.7. The highest BCUT2D eigenvalue weighted by molar-refractivity contribution is 5.22. The third kappa shape index (κ3) is 3.17. The lowest BCUT2D eigenvalue weighted by molar-refractivity contribution is 0.409. The number of rotatable bonds is 1. The Bertz CT molecular complexity index is 294. The fourth-order valence-corrected chi connectivity index (χ4v) is 1.47. The molecule has 0 N–H and O–H groups in total. The van der Waals surface area contributed by atoms with Gasteiger partial charge in [0.1, 0.15) is 0 Å². The van der Waals surface area contributed by atoms with Gasteiger partial charge in [-0.05, 0) is 37.3 Å². The number of hydrogen-bond acceptors (Lipinski definition) is 1. The van der Waals surface area contributed by atoms with Crippen LogP contribution >= 0.6 is 0 Å². The maximum Gasteiger partial charge on any atom is 0.0407 e. The molecule has 0 saturated heterocycles. The van der Waals surface area contributed by atoms with Gasteiger partial charge in [0.15, 0.2) is 0 Å². The van der Waals surface area contributed by atoms with Gasteiger partial charge in [0, 0.05) is 11.4 Å². The van der Waals surface area contributed by atoms with E-state index in [1.165, 1.54) is 11.3 Å². The normalized spacial score (nSPS) is 11.8. The number of aryl methyl sites for hydroxylation is 2. The van der Waals surface area contributed by atoms with Gasteiger partial charge >= 0.3 is 0 Å². The summed E-state index contributed by atoms with van der Waals surface area (Å²) < 4.78 is 0. The third-order valence-corrected chi connectivity index (χ3v) is 2.06. The van der Waals surface area contributed by atoms with E-state index in [0.717, 1.165) is 12.1 Å². The molecule has 72 valence electrons. The van der Waals surface area contributed by atoms with E-state index in [4.69, 9.17) is 0 Å². The summed E-state index contributed by atoms with van der Waals surface area (Å²) >= 11 is 0. The van der Waals surface area contributed by atoms with Gasteiger partial charge in [-0.3, -0.25) is 4.98 Å². The molecule has 1 heterocycles. The van der Waals surface area contributed by atoms with Crippen LogP contribution < -0.4 is 0 Å². The van der Waals surface area contributed by atoms with E-state index in [9.17, 15) is 0 Å². The van der Waals surface area contributed by atoms with Crippen LogP contribution in [-0.4, -0.2) is 4.98 Å². The first-order chi connectivity index (χ1) is 5.88. The molecule has 1 aromatic rings. The van der Waals surface area contributed by atoms with Crippen LogP contribution in [0.2, 0.25) is 0 Å². The van der Waals surface area contributed by atoms with Crippen molar-refractivity contribution in [2.45, 2.75) is 41.0 Å². The van der Waals surface area contributed by atoms with E-state index in [-0.39, 0.29) is 0 Å². The molecular weight excluding hydrogens is 158 g/mol. The van der Waals surface area contributed by atoms with Crippen LogP contribution in [0.5, 0.6) is 0 Å². The Morgan fingerprint density at radius 3 is 2.23 bits per heavy atom. The number of aromatic nitrogens is 1.